The van der Waals surface area contributed by atoms with Crippen LogP contribution in [0, 0.1) is 11.6 Å². The molecule has 0 saturated heterocycles. The van der Waals surface area contributed by atoms with Gasteiger partial charge in [-0.25, -0.2) is 13.6 Å². The van der Waals surface area contributed by atoms with E-state index in [0.717, 1.165) is 17.7 Å². The fraction of sp³-hybridized carbons (Fsp3) is 0.200. The van der Waals surface area contributed by atoms with Crippen LogP contribution < -0.4 is 16.4 Å². The van der Waals surface area contributed by atoms with Crippen molar-refractivity contribution in [2.24, 2.45) is 0 Å². The lowest BCUT2D eigenvalue weighted by molar-refractivity contribution is 0.102. The van der Waals surface area contributed by atoms with Crippen LogP contribution in [0.5, 0.6) is 0 Å². The fourth-order valence-corrected chi connectivity index (χ4v) is 3.14. The lowest BCUT2D eigenvalue weighted by atomic mass is 10.1. The van der Waals surface area contributed by atoms with Crippen molar-refractivity contribution >= 4 is 29.0 Å². The monoisotopic (exact) mass is 467 g/mol. The number of para-hydroxylation sites is 2. The van der Waals surface area contributed by atoms with Gasteiger partial charge in [0.1, 0.15) is 0 Å². The number of benzene rings is 3. The Kier molecular flexibility index (Phi) is 8.15. The van der Waals surface area contributed by atoms with E-state index in [9.17, 15) is 18.4 Å². The summed E-state index contributed by atoms with van der Waals surface area (Å²) in [5, 5.41) is 5.37. The van der Waals surface area contributed by atoms with E-state index in [-0.39, 0.29) is 18.1 Å². The maximum atomic E-state index is 13.5. The molecule has 0 aromatic heterocycles. The Labute approximate surface area is 197 Å². The Hall–Kier alpha value is -3.98. The number of hydrogen-bond donors (Lipinski definition) is 3. The van der Waals surface area contributed by atoms with Gasteiger partial charge in [0.05, 0.1) is 11.4 Å². The number of nitrogen functional groups attached to an aromatic ring is 1. The first kappa shape index (κ1) is 24.7. The molecule has 9 heteroatoms. The van der Waals surface area contributed by atoms with Gasteiger partial charge >= 0.3 is 6.03 Å². The Balaban J connectivity index is 1.69. The smallest absolute Gasteiger partial charge is 0.322 e. The highest BCUT2D eigenvalue weighted by Crippen LogP contribution is 2.19. The van der Waals surface area contributed by atoms with Crippen LogP contribution in [0.2, 0.25) is 0 Å². The number of anilines is 3. The third-order valence-electron chi connectivity index (χ3n) is 5.07. The van der Waals surface area contributed by atoms with Crippen molar-refractivity contribution in [2.75, 3.05) is 43.6 Å². The van der Waals surface area contributed by atoms with Crippen molar-refractivity contribution in [3.8, 4) is 0 Å². The van der Waals surface area contributed by atoms with Crippen LogP contribution in [0.4, 0.5) is 30.6 Å². The molecule has 0 saturated carbocycles. The third-order valence-corrected chi connectivity index (χ3v) is 5.07. The lowest BCUT2D eigenvalue weighted by Gasteiger charge is -2.25. The number of urea groups is 1. The summed E-state index contributed by atoms with van der Waals surface area (Å²) in [6, 6.07) is 16.6. The zero-order valence-electron chi connectivity index (χ0n) is 19.0. The van der Waals surface area contributed by atoms with Crippen LogP contribution in [-0.4, -0.2) is 48.9 Å². The molecule has 3 amide bonds. The predicted octanol–water partition coefficient (Wildman–Crippen LogP) is 4.40. The normalized spacial score (nSPS) is 10.7. The van der Waals surface area contributed by atoms with E-state index in [1.807, 2.05) is 19.0 Å². The number of nitrogens with two attached hydrogens (primary N) is 1. The summed E-state index contributed by atoms with van der Waals surface area (Å²) in [6.07, 6.45) is 0. The average molecular weight is 468 g/mol. The number of carbonyl (C=O) groups excluding carboxylic acids is 2. The van der Waals surface area contributed by atoms with Gasteiger partial charge < -0.3 is 26.2 Å². The van der Waals surface area contributed by atoms with E-state index in [1.165, 1.54) is 6.07 Å². The third kappa shape index (κ3) is 6.76. The number of likely N-dealkylation sites (N-methyl/N-ethyl adjacent to an activating group) is 1. The van der Waals surface area contributed by atoms with Crippen LogP contribution in [0.15, 0.2) is 66.7 Å². The predicted molar refractivity (Wildman–Crippen MR) is 130 cm³/mol. The van der Waals surface area contributed by atoms with Crippen LogP contribution in [-0.2, 0) is 6.54 Å². The van der Waals surface area contributed by atoms with Crippen molar-refractivity contribution < 1.29 is 18.4 Å². The van der Waals surface area contributed by atoms with Gasteiger partial charge in [-0.15, -0.1) is 0 Å². The van der Waals surface area contributed by atoms with E-state index in [4.69, 9.17) is 5.73 Å². The summed E-state index contributed by atoms with van der Waals surface area (Å²) in [4.78, 5) is 28.9. The second kappa shape index (κ2) is 11.2. The maximum absolute atomic E-state index is 13.5. The van der Waals surface area contributed by atoms with Crippen molar-refractivity contribution in [3.63, 3.8) is 0 Å². The molecule has 34 heavy (non-hydrogen) atoms. The molecule has 0 aliphatic heterocycles. The number of rotatable bonds is 8. The summed E-state index contributed by atoms with van der Waals surface area (Å²) in [5.41, 5.74) is 8.27. The average Bonchev–Trinajstić information content (AvgIpc) is 2.80. The quantitative estimate of drug-likeness (QED) is 0.429. The van der Waals surface area contributed by atoms with Gasteiger partial charge in [-0.05, 0) is 56.1 Å². The Morgan fingerprint density at radius 2 is 1.59 bits per heavy atom. The van der Waals surface area contributed by atoms with Crippen molar-refractivity contribution in [3.05, 3.63) is 89.5 Å². The number of amides is 3. The Morgan fingerprint density at radius 1 is 0.882 bits per heavy atom. The SMILES string of the molecule is CN(C)CCN(Cc1ccc(C(=O)Nc2ccccc2N)cc1)C(=O)Nc1ccc(F)c(F)c1. The Morgan fingerprint density at radius 3 is 2.24 bits per heavy atom. The maximum Gasteiger partial charge on any atom is 0.322 e. The van der Waals surface area contributed by atoms with Crippen molar-refractivity contribution in [1.29, 1.82) is 0 Å². The molecule has 0 aliphatic carbocycles. The van der Waals surface area contributed by atoms with Gasteiger partial charge in [-0.3, -0.25) is 4.79 Å². The summed E-state index contributed by atoms with van der Waals surface area (Å²) < 4.78 is 26.7. The molecule has 0 spiro atoms. The standard InChI is InChI=1S/C25H27F2N5O2/c1-31(2)13-14-32(25(34)29-19-11-12-20(26)21(27)15-19)16-17-7-9-18(10-8-17)24(33)30-23-6-4-3-5-22(23)28/h3-12,15H,13-14,16,28H2,1-2H3,(H,29,34)(H,30,33). The summed E-state index contributed by atoms with van der Waals surface area (Å²) in [6.45, 7) is 1.26. The van der Waals surface area contributed by atoms with E-state index in [0.29, 0.717) is 30.0 Å². The first-order valence-electron chi connectivity index (χ1n) is 10.6. The van der Waals surface area contributed by atoms with Crippen LogP contribution in [0.1, 0.15) is 15.9 Å². The molecular weight excluding hydrogens is 440 g/mol. The minimum absolute atomic E-state index is 0.158. The molecule has 0 fully saturated rings. The highest BCUT2D eigenvalue weighted by atomic mass is 19.2. The molecule has 7 nitrogen and oxygen atoms in total. The zero-order valence-corrected chi connectivity index (χ0v) is 19.0. The van der Waals surface area contributed by atoms with Gasteiger partial charge in [-0.2, -0.15) is 0 Å². The topological polar surface area (TPSA) is 90.7 Å². The van der Waals surface area contributed by atoms with Gasteiger partial charge in [0.2, 0.25) is 0 Å². The molecule has 0 atom stereocenters. The molecule has 3 rings (SSSR count). The van der Waals surface area contributed by atoms with Crippen molar-refractivity contribution in [1.82, 2.24) is 9.80 Å². The first-order valence-corrected chi connectivity index (χ1v) is 10.6. The molecule has 178 valence electrons. The molecular formula is C25H27F2N5O2. The molecule has 3 aromatic carbocycles. The molecule has 3 aromatic rings. The second-order valence-corrected chi connectivity index (χ2v) is 8.02. The van der Waals surface area contributed by atoms with Gasteiger partial charge in [0.15, 0.2) is 11.6 Å². The second-order valence-electron chi connectivity index (χ2n) is 8.02. The zero-order chi connectivity index (χ0) is 24.7. The summed E-state index contributed by atoms with van der Waals surface area (Å²) in [7, 11) is 3.77. The molecule has 0 radical (unpaired) electrons. The fourth-order valence-electron chi connectivity index (χ4n) is 3.14. The molecule has 4 N–H and O–H groups in total. The largest absolute Gasteiger partial charge is 0.397 e. The van der Waals surface area contributed by atoms with E-state index in [2.05, 4.69) is 10.6 Å². The summed E-state index contributed by atoms with van der Waals surface area (Å²) in [5.74, 6) is -2.32. The minimum atomic E-state index is -1.04. The van der Waals surface area contributed by atoms with Crippen LogP contribution in [0.25, 0.3) is 0 Å². The Bertz CT molecular complexity index is 1150. The highest BCUT2D eigenvalue weighted by Gasteiger charge is 2.16. The molecule has 0 unspecified atom stereocenters. The number of nitrogens with zero attached hydrogens (tertiary/aromatic N) is 2. The number of nitrogens with one attached hydrogen (secondary N) is 2. The van der Waals surface area contributed by atoms with Crippen LogP contribution in [0.3, 0.4) is 0 Å². The van der Waals surface area contributed by atoms with Gasteiger partial charge in [0.25, 0.3) is 5.91 Å². The molecule has 0 heterocycles. The van der Waals surface area contributed by atoms with E-state index < -0.39 is 17.7 Å². The van der Waals surface area contributed by atoms with Gasteiger partial charge in [0, 0.05) is 37.0 Å². The molecule has 0 bridgehead atoms. The van der Waals surface area contributed by atoms with Gasteiger partial charge in [-0.1, -0.05) is 24.3 Å². The number of halogens is 2. The number of hydrogen-bond acceptors (Lipinski definition) is 4. The summed E-state index contributed by atoms with van der Waals surface area (Å²) >= 11 is 0. The number of carbonyl (C=O) groups is 2. The van der Waals surface area contributed by atoms with Crippen molar-refractivity contribution in [2.45, 2.75) is 6.54 Å². The highest BCUT2D eigenvalue weighted by molar-refractivity contribution is 6.05. The van der Waals surface area contributed by atoms with E-state index >= 15 is 0 Å². The molecule has 0 aliphatic rings. The van der Waals surface area contributed by atoms with E-state index in [1.54, 1.807) is 53.4 Å². The lowest BCUT2D eigenvalue weighted by Crippen LogP contribution is -2.39. The minimum Gasteiger partial charge on any atom is -0.397 e. The first-order chi connectivity index (χ1) is 16.2. The van der Waals surface area contributed by atoms with Crippen LogP contribution >= 0.6 is 0 Å².